The minimum absolute atomic E-state index is 0.123. The van der Waals surface area contributed by atoms with Gasteiger partial charge in [-0.1, -0.05) is 0 Å². The number of nitro groups is 2. The summed E-state index contributed by atoms with van der Waals surface area (Å²) in [6, 6.07) is 7.69. The van der Waals surface area contributed by atoms with E-state index >= 15 is 0 Å². The van der Waals surface area contributed by atoms with Gasteiger partial charge in [0.15, 0.2) is 0 Å². The van der Waals surface area contributed by atoms with E-state index < -0.39 is 32.9 Å². The molecule has 0 saturated carbocycles. The van der Waals surface area contributed by atoms with Gasteiger partial charge in [-0.25, -0.2) is 4.39 Å². The highest BCUT2D eigenvalue weighted by atomic mass is 19.1. The van der Waals surface area contributed by atoms with Crippen LogP contribution in [0, 0.1) is 26.0 Å². The van der Waals surface area contributed by atoms with Gasteiger partial charge in [0.1, 0.15) is 5.82 Å². The number of benzene rings is 2. The molecule has 8 nitrogen and oxygen atoms in total. The average molecular weight is 305 g/mol. The van der Waals surface area contributed by atoms with Gasteiger partial charge in [-0.05, 0) is 30.3 Å². The molecule has 0 aliphatic carbocycles. The number of nitrogens with zero attached hydrogens (tertiary/aromatic N) is 2. The third-order valence-corrected chi connectivity index (χ3v) is 2.73. The summed E-state index contributed by atoms with van der Waals surface area (Å²) in [5.41, 5.74) is -1.32. The normalized spacial score (nSPS) is 10.0. The number of nitro benzene ring substituents is 2. The number of hydrogen-bond acceptors (Lipinski definition) is 5. The van der Waals surface area contributed by atoms with E-state index in [4.69, 9.17) is 0 Å². The summed E-state index contributed by atoms with van der Waals surface area (Å²) in [4.78, 5) is 31.6. The van der Waals surface area contributed by atoms with Gasteiger partial charge in [0.25, 0.3) is 5.91 Å². The van der Waals surface area contributed by atoms with Crippen LogP contribution in [0.25, 0.3) is 0 Å². The number of carbonyl (C=O) groups is 1. The number of anilines is 1. The monoisotopic (exact) mass is 305 g/mol. The van der Waals surface area contributed by atoms with Crippen LogP contribution in [0.15, 0.2) is 42.5 Å². The second kappa shape index (κ2) is 5.95. The van der Waals surface area contributed by atoms with Crippen molar-refractivity contribution >= 4 is 23.0 Å². The highest BCUT2D eigenvalue weighted by Gasteiger charge is 2.25. The molecule has 2 aromatic rings. The Kier molecular flexibility index (Phi) is 4.07. The second-order valence-electron chi connectivity index (χ2n) is 4.18. The standard InChI is InChI=1S/C13H8FN3O5/c14-9-2-4-10(5-3-9)15-13(18)8-1-6-11(16(19)20)12(7-8)17(21)22/h1-7H,(H,15,18). The van der Waals surface area contributed by atoms with Crippen molar-refractivity contribution in [2.75, 3.05) is 5.32 Å². The van der Waals surface area contributed by atoms with Gasteiger partial charge in [0, 0.05) is 23.4 Å². The number of hydrogen-bond donors (Lipinski definition) is 1. The lowest BCUT2D eigenvalue weighted by molar-refractivity contribution is -0.422. The fraction of sp³-hybridized carbons (Fsp3) is 0. The van der Waals surface area contributed by atoms with Crippen molar-refractivity contribution in [3.63, 3.8) is 0 Å². The number of nitrogens with one attached hydrogen (secondary N) is 1. The van der Waals surface area contributed by atoms with Crippen LogP contribution in [0.2, 0.25) is 0 Å². The number of rotatable bonds is 4. The highest BCUT2D eigenvalue weighted by molar-refractivity contribution is 6.04. The average Bonchev–Trinajstić information content (AvgIpc) is 2.48. The van der Waals surface area contributed by atoms with Gasteiger partial charge >= 0.3 is 11.4 Å². The first-order chi connectivity index (χ1) is 10.4. The predicted octanol–water partition coefficient (Wildman–Crippen LogP) is 2.89. The lowest BCUT2D eigenvalue weighted by atomic mass is 10.1. The molecule has 0 fully saturated rings. The van der Waals surface area contributed by atoms with E-state index in [1.54, 1.807) is 0 Å². The van der Waals surface area contributed by atoms with Crippen LogP contribution < -0.4 is 5.32 Å². The zero-order valence-corrected chi connectivity index (χ0v) is 10.9. The lowest BCUT2D eigenvalue weighted by Gasteiger charge is -2.05. The molecule has 1 amide bonds. The van der Waals surface area contributed by atoms with Crippen molar-refractivity contribution in [3.8, 4) is 0 Å². The largest absolute Gasteiger partial charge is 0.346 e. The summed E-state index contributed by atoms with van der Waals surface area (Å²) in [7, 11) is 0. The summed E-state index contributed by atoms with van der Waals surface area (Å²) in [6.07, 6.45) is 0. The van der Waals surface area contributed by atoms with Crippen LogP contribution in [0.4, 0.5) is 21.5 Å². The zero-order chi connectivity index (χ0) is 16.3. The van der Waals surface area contributed by atoms with E-state index in [0.29, 0.717) is 0 Å². The maximum absolute atomic E-state index is 12.8. The van der Waals surface area contributed by atoms with Gasteiger partial charge in [-0.3, -0.25) is 25.0 Å². The molecule has 0 spiro atoms. The Balaban J connectivity index is 2.30. The first-order valence-electron chi connectivity index (χ1n) is 5.88. The molecule has 0 aliphatic heterocycles. The predicted molar refractivity (Wildman–Crippen MR) is 74.1 cm³/mol. The van der Waals surface area contributed by atoms with Gasteiger partial charge in [-0.15, -0.1) is 0 Å². The maximum atomic E-state index is 12.8. The van der Waals surface area contributed by atoms with Crippen molar-refractivity contribution in [1.29, 1.82) is 0 Å². The Hall–Kier alpha value is -3.36. The van der Waals surface area contributed by atoms with Crippen molar-refractivity contribution in [2.24, 2.45) is 0 Å². The Morgan fingerprint density at radius 1 is 0.955 bits per heavy atom. The molecule has 0 unspecified atom stereocenters. The van der Waals surface area contributed by atoms with Crippen LogP contribution >= 0.6 is 0 Å². The maximum Gasteiger partial charge on any atom is 0.346 e. The first-order valence-corrected chi connectivity index (χ1v) is 5.88. The lowest BCUT2D eigenvalue weighted by Crippen LogP contribution is -2.12. The molecule has 2 aromatic carbocycles. The number of amides is 1. The molecule has 1 N–H and O–H groups in total. The van der Waals surface area contributed by atoms with Crippen LogP contribution in [-0.4, -0.2) is 15.8 Å². The van der Waals surface area contributed by atoms with E-state index in [9.17, 15) is 29.4 Å². The summed E-state index contributed by atoms with van der Waals surface area (Å²) in [6.45, 7) is 0. The second-order valence-corrected chi connectivity index (χ2v) is 4.18. The van der Waals surface area contributed by atoms with E-state index in [1.807, 2.05) is 0 Å². The fourth-order valence-corrected chi connectivity index (χ4v) is 1.70. The third kappa shape index (κ3) is 3.20. The molecular weight excluding hydrogens is 297 g/mol. The van der Waals surface area contributed by atoms with Crippen LogP contribution in [-0.2, 0) is 0 Å². The molecule has 9 heteroatoms. The van der Waals surface area contributed by atoms with Crippen LogP contribution in [0.5, 0.6) is 0 Å². The molecule has 0 aromatic heterocycles. The van der Waals surface area contributed by atoms with Crippen molar-refractivity contribution in [1.82, 2.24) is 0 Å². The first kappa shape index (κ1) is 15.0. The van der Waals surface area contributed by atoms with Gasteiger partial charge in [0.05, 0.1) is 9.85 Å². The molecule has 2 rings (SSSR count). The molecule has 0 heterocycles. The number of carbonyl (C=O) groups excluding carboxylic acids is 1. The van der Waals surface area contributed by atoms with E-state index in [2.05, 4.69) is 5.32 Å². The van der Waals surface area contributed by atoms with Crippen molar-refractivity contribution < 1.29 is 19.0 Å². The minimum Gasteiger partial charge on any atom is -0.322 e. The highest BCUT2D eigenvalue weighted by Crippen LogP contribution is 2.27. The molecule has 0 radical (unpaired) electrons. The minimum atomic E-state index is -0.938. The molecule has 112 valence electrons. The Morgan fingerprint density at radius 2 is 1.55 bits per heavy atom. The summed E-state index contributed by atoms with van der Waals surface area (Å²) in [5.74, 6) is -1.19. The molecule has 0 saturated heterocycles. The summed E-state index contributed by atoms with van der Waals surface area (Å²) in [5, 5.41) is 23.9. The van der Waals surface area contributed by atoms with Crippen molar-refractivity contribution in [3.05, 3.63) is 74.1 Å². The molecule has 0 atom stereocenters. The molecule has 0 aliphatic rings. The quantitative estimate of drug-likeness (QED) is 0.688. The van der Waals surface area contributed by atoms with Gasteiger partial charge in [0.2, 0.25) is 0 Å². The fourth-order valence-electron chi connectivity index (χ4n) is 1.70. The molecular formula is C13H8FN3O5. The third-order valence-electron chi connectivity index (χ3n) is 2.73. The molecule has 0 bridgehead atoms. The Labute approximate surface area is 122 Å². The van der Waals surface area contributed by atoms with E-state index in [-0.39, 0.29) is 11.3 Å². The Bertz CT molecular complexity index is 761. The summed E-state index contributed by atoms with van der Waals surface area (Å²) < 4.78 is 12.8. The summed E-state index contributed by atoms with van der Waals surface area (Å²) >= 11 is 0. The van der Waals surface area contributed by atoms with Crippen LogP contribution in [0.1, 0.15) is 10.4 Å². The van der Waals surface area contributed by atoms with E-state index in [0.717, 1.165) is 30.3 Å². The Morgan fingerprint density at radius 3 is 2.09 bits per heavy atom. The van der Waals surface area contributed by atoms with Gasteiger partial charge in [-0.2, -0.15) is 0 Å². The van der Waals surface area contributed by atoms with Crippen molar-refractivity contribution in [2.45, 2.75) is 0 Å². The smallest absolute Gasteiger partial charge is 0.322 e. The number of halogens is 1. The van der Waals surface area contributed by atoms with Gasteiger partial charge < -0.3 is 5.32 Å². The zero-order valence-electron chi connectivity index (χ0n) is 10.9. The SMILES string of the molecule is O=C(Nc1ccc(F)cc1)c1ccc([N+](=O)[O-])c([N+](=O)[O-])c1. The molecule has 22 heavy (non-hydrogen) atoms. The van der Waals surface area contributed by atoms with Crippen LogP contribution in [0.3, 0.4) is 0 Å². The topological polar surface area (TPSA) is 115 Å². The van der Waals surface area contributed by atoms with E-state index in [1.165, 1.54) is 12.1 Å².